The van der Waals surface area contributed by atoms with Gasteiger partial charge in [-0.15, -0.1) is 11.3 Å². The zero-order chi connectivity index (χ0) is 24.8. The molecule has 1 aromatic carbocycles. The van der Waals surface area contributed by atoms with E-state index >= 15 is 0 Å². The molecule has 0 spiro atoms. The molecule has 0 radical (unpaired) electrons. The number of carbonyl (C=O) groups is 3. The first kappa shape index (κ1) is 25.7. The van der Waals surface area contributed by atoms with E-state index in [1.54, 1.807) is 45.2 Å². The van der Waals surface area contributed by atoms with Crippen molar-refractivity contribution in [1.82, 2.24) is 9.78 Å². The van der Waals surface area contributed by atoms with Gasteiger partial charge in [-0.2, -0.15) is 5.10 Å². The van der Waals surface area contributed by atoms with Crippen LogP contribution < -0.4 is 10.1 Å². The molecule has 1 N–H and O–H groups in total. The molecule has 34 heavy (non-hydrogen) atoms. The van der Waals surface area contributed by atoms with Crippen LogP contribution in [0.4, 0.5) is 5.00 Å². The molecule has 3 rings (SSSR count). The van der Waals surface area contributed by atoms with Crippen LogP contribution in [0.5, 0.6) is 5.75 Å². The molecule has 0 saturated heterocycles. The summed E-state index contributed by atoms with van der Waals surface area (Å²) < 4.78 is 18.0. The minimum atomic E-state index is -0.646. The summed E-state index contributed by atoms with van der Waals surface area (Å²) in [5.41, 5.74) is 0.572. The number of ether oxygens (including phenoxy) is 3. The number of nitrogens with zero attached hydrogens (tertiary/aromatic N) is 2. The van der Waals surface area contributed by atoms with E-state index in [-0.39, 0.29) is 41.1 Å². The Hall–Kier alpha value is -2.89. The highest BCUT2D eigenvalue weighted by atomic mass is 79.9. The average molecular weight is 571 g/mol. The quantitative estimate of drug-likeness (QED) is 0.347. The van der Waals surface area contributed by atoms with E-state index < -0.39 is 17.8 Å². The maximum atomic E-state index is 12.8. The fourth-order valence-corrected chi connectivity index (χ4v) is 4.70. The average Bonchev–Trinajstić information content (AvgIpc) is 3.38. The summed E-state index contributed by atoms with van der Waals surface area (Å²) in [6.45, 7) is 5.29. The summed E-state index contributed by atoms with van der Waals surface area (Å²) in [6, 6.07) is 6.70. The molecule has 0 bridgehead atoms. The molecule has 0 unspecified atom stereocenters. The van der Waals surface area contributed by atoms with Crippen molar-refractivity contribution < 1.29 is 28.6 Å². The number of aromatic nitrogens is 2. The number of esters is 2. The first-order valence-corrected chi connectivity index (χ1v) is 12.1. The number of amides is 1. The standard InChI is InChI=1S/C22H21BrClN3O6S/c1-4-31-21(29)17-12(3)18(22(30)32-5-2)34-20(17)25-19(28)15-8-9-27(26-15)11-33-16-7-6-13(23)10-14(16)24/h6-10H,4-5,11H2,1-3H3,(H,25,28). The zero-order valence-electron chi connectivity index (χ0n) is 18.5. The number of rotatable bonds is 9. The molecule has 2 heterocycles. The smallest absolute Gasteiger partial charge is 0.348 e. The van der Waals surface area contributed by atoms with Crippen LogP contribution in [-0.2, 0) is 16.2 Å². The van der Waals surface area contributed by atoms with Gasteiger partial charge < -0.3 is 19.5 Å². The molecule has 0 atom stereocenters. The molecule has 0 fully saturated rings. The normalized spacial score (nSPS) is 10.6. The van der Waals surface area contributed by atoms with Gasteiger partial charge in [0.25, 0.3) is 5.91 Å². The van der Waals surface area contributed by atoms with Crippen LogP contribution in [-0.4, -0.2) is 40.8 Å². The van der Waals surface area contributed by atoms with Crippen molar-refractivity contribution in [2.45, 2.75) is 27.5 Å². The second kappa shape index (κ2) is 11.5. The van der Waals surface area contributed by atoms with Crippen LogP contribution in [0.25, 0.3) is 0 Å². The Balaban J connectivity index is 1.77. The van der Waals surface area contributed by atoms with Crippen LogP contribution in [0.2, 0.25) is 5.02 Å². The lowest BCUT2D eigenvalue weighted by Crippen LogP contribution is -2.16. The summed E-state index contributed by atoms with van der Waals surface area (Å²) in [4.78, 5) is 37.8. The molecule has 0 saturated carbocycles. The Kier molecular flexibility index (Phi) is 8.70. The molecule has 2 aromatic heterocycles. The third-order valence-corrected chi connectivity index (χ3v) is 6.41. The Bertz CT molecular complexity index is 1230. The maximum absolute atomic E-state index is 12.8. The molecule has 9 nitrogen and oxygen atoms in total. The van der Waals surface area contributed by atoms with E-state index in [0.717, 1.165) is 15.8 Å². The number of hydrogen-bond donors (Lipinski definition) is 1. The van der Waals surface area contributed by atoms with Crippen LogP contribution in [0, 0.1) is 6.92 Å². The van der Waals surface area contributed by atoms with Crippen molar-refractivity contribution in [3.8, 4) is 5.75 Å². The highest BCUT2D eigenvalue weighted by molar-refractivity contribution is 9.10. The minimum Gasteiger partial charge on any atom is -0.470 e. The lowest BCUT2D eigenvalue weighted by Gasteiger charge is -2.08. The van der Waals surface area contributed by atoms with Gasteiger partial charge in [-0.25, -0.2) is 14.3 Å². The van der Waals surface area contributed by atoms with Crippen LogP contribution in [0.3, 0.4) is 0 Å². The zero-order valence-corrected chi connectivity index (χ0v) is 21.7. The number of halogens is 2. The number of thiophene rings is 1. The lowest BCUT2D eigenvalue weighted by atomic mass is 10.1. The first-order valence-electron chi connectivity index (χ1n) is 10.1. The Labute approximate surface area is 213 Å². The third kappa shape index (κ3) is 5.96. The molecular formula is C22H21BrClN3O6S. The van der Waals surface area contributed by atoms with Gasteiger partial charge >= 0.3 is 11.9 Å². The fourth-order valence-electron chi connectivity index (χ4n) is 2.89. The van der Waals surface area contributed by atoms with E-state index in [1.165, 1.54) is 10.7 Å². The van der Waals surface area contributed by atoms with E-state index in [1.807, 2.05) is 0 Å². The molecule has 1 amide bonds. The van der Waals surface area contributed by atoms with E-state index in [0.29, 0.717) is 16.3 Å². The number of carbonyl (C=O) groups excluding carboxylic acids is 3. The van der Waals surface area contributed by atoms with Gasteiger partial charge in [-0.1, -0.05) is 27.5 Å². The number of anilines is 1. The Morgan fingerprint density at radius 1 is 1.15 bits per heavy atom. The molecule has 12 heteroatoms. The summed E-state index contributed by atoms with van der Waals surface area (Å²) in [7, 11) is 0. The Morgan fingerprint density at radius 3 is 2.53 bits per heavy atom. The first-order chi connectivity index (χ1) is 16.2. The molecule has 180 valence electrons. The summed E-state index contributed by atoms with van der Waals surface area (Å²) in [6.07, 6.45) is 1.57. The largest absolute Gasteiger partial charge is 0.470 e. The van der Waals surface area contributed by atoms with Crippen molar-refractivity contribution in [1.29, 1.82) is 0 Å². The topological polar surface area (TPSA) is 109 Å². The monoisotopic (exact) mass is 569 g/mol. The molecule has 0 aliphatic heterocycles. The summed E-state index contributed by atoms with van der Waals surface area (Å²) in [5, 5.41) is 7.46. The van der Waals surface area contributed by atoms with Gasteiger partial charge in [-0.3, -0.25) is 4.79 Å². The fraction of sp³-hybridized carbons (Fsp3) is 0.273. The van der Waals surface area contributed by atoms with Crippen LogP contribution in [0.1, 0.15) is 49.9 Å². The molecule has 3 aromatic rings. The molecule has 0 aliphatic rings. The van der Waals surface area contributed by atoms with Crippen molar-refractivity contribution in [2.24, 2.45) is 0 Å². The van der Waals surface area contributed by atoms with Crippen LogP contribution in [0.15, 0.2) is 34.9 Å². The third-order valence-electron chi connectivity index (χ3n) is 4.43. The van der Waals surface area contributed by atoms with Gasteiger partial charge in [-0.05, 0) is 50.6 Å². The lowest BCUT2D eigenvalue weighted by molar-refractivity contribution is 0.0527. The SMILES string of the molecule is CCOC(=O)c1sc(NC(=O)c2ccn(COc3ccc(Br)cc3Cl)n2)c(C(=O)OCC)c1C. The van der Waals surface area contributed by atoms with E-state index in [4.69, 9.17) is 25.8 Å². The number of nitrogens with one attached hydrogen (secondary N) is 1. The van der Waals surface area contributed by atoms with E-state index in [2.05, 4.69) is 26.3 Å². The van der Waals surface area contributed by atoms with Crippen molar-refractivity contribution in [2.75, 3.05) is 18.5 Å². The maximum Gasteiger partial charge on any atom is 0.348 e. The van der Waals surface area contributed by atoms with Crippen molar-refractivity contribution in [3.05, 3.63) is 61.7 Å². The molecule has 0 aliphatic carbocycles. The summed E-state index contributed by atoms with van der Waals surface area (Å²) in [5.74, 6) is -1.33. The summed E-state index contributed by atoms with van der Waals surface area (Å²) >= 11 is 10.4. The number of benzene rings is 1. The van der Waals surface area contributed by atoms with Gasteiger partial charge in [0.15, 0.2) is 12.4 Å². The predicted octanol–water partition coefficient (Wildman–Crippen LogP) is 5.31. The molecular weight excluding hydrogens is 550 g/mol. The van der Waals surface area contributed by atoms with E-state index in [9.17, 15) is 14.4 Å². The van der Waals surface area contributed by atoms with Gasteiger partial charge in [0.1, 0.15) is 15.6 Å². The number of hydrogen-bond acceptors (Lipinski definition) is 8. The van der Waals surface area contributed by atoms with Crippen molar-refractivity contribution >= 4 is 61.7 Å². The van der Waals surface area contributed by atoms with Gasteiger partial charge in [0.2, 0.25) is 0 Å². The van der Waals surface area contributed by atoms with Gasteiger partial charge in [0, 0.05) is 10.7 Å². The predicted molar refractivity (Wildman–Crippen MR) is 131 cm³/mol. The van der Waals surface area contributed by atoms with Gasteiger partial charge in [0.05, 0.1) is 23.8 Å². The second-order valence-electron chi connectivity index (χ2n) is 6.74. The van der Waals surface area contributed by atoms with Crippen LogP contribution >= 0.6 is 38.9 Å². The Morgan fingerprint density at radius 2 is 1.85 bits per heavy atom. The highest BCUT2D eigenvalue weighted by Crippen LogP contribution is 2.34. The minimum absolute atomic E-state index is 0.0217. The van der Waals surface area contributed by atoms with Crippen molar-refractivity contribution in [3.63, 3.8) is 0 Å². The second-order valence-corrected chi connectivity index (χ2v) is 9.09. The highest BCUT2D eigenvalue weighted by Gasteiger charge is 2.28.